The van der Waals surface area contributed by atoms with Crippen molar-refractivity contribution in [2.45, 2.75) is 19.5 Å². The number of rotatable bonds is 5. The van der Waals surface area contributed by atoms with Gasteiger partial charge in [0.05, 0.1) is 12.2 Å². The SMILES string of the molecule is Cc1cc(CNC(=O)NC(C(=O)O)c2ccccc2)on1. The number of carboxylic acid groups (broad SMARTS) is 1. The summed E-state index contributed by atoms with van der Waals surface area (Å²) in [6.07, 6.45) is 0. The zero-order chi connectivity index (χ0) is 15.2. The fourth-order valence-corrected chi connectivity index (χ4v) is 1.78. The standard InChI is InChI=1S/C14H15N3O4/c1-9-7-11(21-17-9)8-15-14(20)16-12(13(18)19)10-5-3-2-4-6-10/h2-7,12H,8H2,1H3,(H,18,19)(H2,15,16,20). The molecule has 110 valence electrons. The van der Waals surface area contributed by atoms with Crippen molar-refractivity contribution < 1.29 is 19.2 Å². The zero-order valence-corrected chi connectivity index (χ0v) is 11.4. The van der Waals surface area contributed by atoms with Crippen LogP contribution in [0.5, 0.6) is 0 Å². The molecular formula is C14H15N3O4. The number of hydrogen-bond donors (Lipinski definition) is 3. The minimum absolute atomic E-state index is 0.133. The Hall–Kier alpha value is -2.83. The van der Waals surface area contributed by atoms with E-state index in [4.69, 9.17) is 4.52 Å². The Balaban J connectivity index is 1.94. The van der Waals surface area contributed by atoms with E-state index in [2.05, 4.69) is 15.8 Å². The van der Waals surface area contributed by atoms with Crippen LogP contribution in [0, 0.1) is 6.92 Å². The summed E-state index contributed by atoms with van der Waals surface area (Å²) in [6.45, 7) is 1.90. The summed E-state index contributed by atoms with van der Waals surface area (Å²) in [4.78, 5) is 23.0. The van der Waals surface area contributed by atoms with Crippen LogP contribution < -0.4 is 10.6 Å². The number of aliphatic carboxylic acids is 1. The van der Waals surface area contributed by atoms with Gasteiger partial charge in [-0.1, -0.05) is 35.5 Å². The lowest BCUT2D eigenvalue weighted by atomic mass is 10.1. The molecule has 0 bridgehead atoms. The van der Waals surface area contributed by atoms with Crippen molar-refractivity contribution >= 4 is 12.0 Å². The summed E-state index contributed by atoms with van der Waals surface area (Å²) in [5.74, 6) is -0.638. The summed E-state index contributed by atoms with van der Waals surface area (Å²) in [5, 5.41) is 17.8. The molecule has 1 heterocycles. The number of aryl methyl sites for hydroxylation is 1. The number of carboxylic acids is 1. The van der Waals surface area contributed by atoms with Gasteiger partial charge in [-0.25, -0.2) is 9.59 Å². The van der Waals surface area contributed by atoms with Crippen LogP contribution in [-0.4, -0.2) is 22.3 Å². The number of nitrogens with one attached hydrogen (secondary N) is 2. The van der Waals surface area contributed by atoms with Gasteiger partial charge in [-0.05, 0) is 12.5 Å². The van der Waals surface area contributed by atoms with E-state index in [0.29, 0.717) is 17.0 Å². The molecule has 1 aromatic carbocycles. The third kappa shape index (κ3) is 4.07. The topological polar surface area (TPSA) is 104 Å². The predicted octanol–water partition coefficient (Wildman–Crippen LogP) is 1.61. The first kappa shape index (κ1) is 14.6. The van der Waals surface area contributed by atoms with Gasteiger partial charge in [0.2, 0.25) is 0 Å². The minimum atomic E-state index is -1.13. The molecule has 0 radical (unpaired) electrons. The number of carbonyl (C=O) groups excluding carboxylic acids is 1. The van der Waals surface area contributed by atoms with Gasteiger partial charge < -0.3 is 20.3 Å². The maximum absolute atomic E-state index is 11.8. The van der Waals surface area contributed by atoms with E-state index in [1.807, 2.05) is 0 Å². The van der Waals surface area contributed by atoms with Crippen LogP contribution in [0.25, 0.3) is 0 Å². The van der Waals surface area contributed by atoms with E-state index in [-0.39, 0.29) is 6.54 Å². The molecule has 7 nitrogen and oxygen atoms in total. The molecule has 1 atom stereocenters. The average molecular weight is 289 g/mol. The molecule has 1 unspecified atom stereocenters. The van der Waals surface area contributed by atoms with Gasteiger partial charge in [-0.2, -0.15) is 0 Å². The summed E-state index contributed by atoms with van der Waals surface area (Å²) in [6, 6.07) is 8.45. The Bertz CT molecular complexity index is 624. The molecule has 1 aromatic heterocycles. The lowest BCUT2D eigenvalue weighted by Crippen LogP contribution is -2.40. The molecule has 2 amide bonds. The van der Waals surface area contributed by atoms with Gasteiger partial charge in [-0.3, -0.25) is 0 Å². The molecule has 0 fully saturated rings. The number of nitrogens with zero attached hydrogens (tertiary/aromatic N) is 1. The van der Waals surface area contributed by atoms with Gasteiger partial charge in [-0.15, -0.1) is 0 Å². The molecule has 0 saturated heterocycles. The van der Waals surface area contributed by atoms with Crippen molar-refractivity contribution in [2.75, 3.05) is 0 Å². The van der Waals surface area contributed by atoms with Crippen molar-refractivity contribution in [1.29, 1.82) is 0 Å². The Morgan fingerprint density at radius 2 is 2.05 bits per heavy atom. The first-order chi connectivity index (χ1) is 10.1. The first-order valence-corrected chi connectivity index (χ1v) is 6.30. The molecular weight excluding hydrogens is 274 g/mol. The van der Waals surface area contributed by atoms with E-state index in [1.165, 1.54) is 0 Å². The summed E-state index contributed by atoms with van der Waals surface area (Å²) < 4.78 is 4.94. The van der Waals surface area contributed by atoms with Crippen molar-refractivity contribution in [3.05, 3.63) is 53.4 Å². The number of carbonyl (C=O) groups is 2. The smallest absolute Gasteiger partial charge is 0.330 e. The highest BCUT2D eigenvalue weighted by Crippen LogP contribution is 2.12. The lowest BCUT2D eigenvalue weighted by molar-refractivity contribution is -0.139. The molecule has 0 aliphatic heterocycles. The van der Waals surface area contributed by atoms with Crippen molar-refractivity contribution in [1.82, 2.24) is 15.8 Å². The van der Waals surface area contributed by atoms with Crippen LogP contribution >= 0.6 is 0 Å². The second kappa shape index (κ2) is 6.56. The van der Waals surface area contributed by atoms with E-state index in [0.717, 1.165) is 0 Å². The Morgan fingerprint density at radius 1 is 1.33 bits per heavy atom. The summed E-state index contributed by atoms with van der Waals surface area (Å²) >= 11 is 0. The van der Waals surface area contributed by atoms with Crippen LogP contribution in [0.2, 0.25) is 0 Å². The average Bonchev–Trinajstić information content (AvgIpc) is 2.89. The van der Waals surface area contributed by atoms with Crippen molar-refractivity contribution in [3.8, 4) is 0 Å². The molecule has 0 saturated carbocycles. The Kier molecular flexibility index (Phi) is 4.55. The monoisotopic (exact) mass is 289 g/mol. The Morgan fingerprint density at radius 3 is 2.62 bits per heavy atom. The third-order valence-corrected chi connectivity index (χ3v) is 2.76. The number of benzene rings is 1. The van der Waals surface area contributed by atoms with E-state index in [9.17, 15) is 14.7 Å². The lowest BCUT2D eigenvalue weighted by Gasteiger charge is -2.15. The fraction of sp³-hybridized carbons (Fsp3) is 0.214. The summed E-state index contributed by atoms with van der Waals surface area (Å²) in [7, 11) is 0. The molecule has 0 aliphatic carbocycles. The second-order valence-corrected chi connectivity index (χ2v) is 4.44. The summed E-state index contributed by atoms with van der Waals surface area (Å²) in [5.41, 5.74) is 1.20. The maximum atomic E-state index is 11.8. The highest BCUT2D eigenvalue weighted by atomic mass is 16.5. The quantitative estimate of drug-likeness (QED) is 0.775. The highest BCUT2D eigenvalue weighted by molar-refractivity contribution is 5.83. The number of aromatic nitrogens is 1. The predicted molar refractivity (Wildman–Crippen MR) is 73.4 cm³/mol. The van der Waals surface area contributed by atoms with E-state index in [1.54, 1.807) is 43.3 Å². The maximum Gasteiger partial charge on any atom is 0.330 e. The Labute approximate surface area is 120 Å². The largest absolute Gasteiger partial charge is 0.479 e. The molecule has 2 aromatic rings. The molecule has 21 heavy (non-hydrogen) atoms. The van der Waals surface area contributed by atoms with Gasteiger partial charge in [0.15, 0.2) is 11.8 Å². The van der Waals surface area contributed by atoms with Crippen molar-refractivity contribution in [2.24, 2.45) is 0 Å². The van der Waals surface area contributed by atoms with Crippen LogP contribution in [0.3, 0.4) is 0 Å². The van der Waals surface area contributed by atoms with Crippen molar-refractivity contribution in [3.63, 3.8) is 0 Å². The van der Waals surface area contributed by atoms with Gasteiger partial charge in [0, 0.05) is 6.07 Å². The first-order valence-electron chi connectivity index (χ1n) is 6.30. The van der Waals surface area contributed by atoms with E-state index < -0.39 is 18.0 Å². The van der Waals surface area contributed by atoms with Crippen LogP contribution in [0.15, 0.2) is 40.9 Å². The van der Waals surface area contributed by atoms with E-state index >= 15 is 0 Å². The molecule has 0 aliphatic rings. The molecule has 0 spiro atoms. The normalized spacial score (nSPS) is 11.7. The minimum Gasteiger partial charge on any atom is -0.479 e. The number of amides is 2. The number of urea groups is 1. The molecule has 3 N–H and O–H groups in total. The second-order valence-electron chi connectivity index (χ2n) is 4.44. The fourth-order valence-electron chi connectivity index (χ4n) is 1.78. The molecule has 2 rings (SSSR count). The number of hydrogen-bond acceptors (Lipinski definition) is 4. The van der Waals surface area contributed by atoms with Crippen LogP contribution in [0.4, 0.5) is 4.79 Å². The third-order valence-electron chi connectivity index (χ3n) is 2.76. The van der Waals surface area contributed by atoms with Gasteiger partial charge >= 0.3 is 12.0 Å². The zero-order valence-electron chi connectivity index (χ0n) is 11.4. The van der Waals surface area contributed by atoms with Crippen LogP contribution in [-0.2, 0) is 11.3 Å². The van der Waals surface area contributed by atoms with Crippen LogP contribution in [0.1, 0.15) is 23.1 Å². The van der Waals surface area contributed by atoms with Gasteiger partial charge in [0.25, 0.3) is 0 Å². The molecule has 7 heteroatoms. The van der Waals surface area contributed by atoms with Gasteiger partial charge in [0.1, 0.15) is 0 Å². The highest BCUT2D eigenvalue weighted by Gasteiger charge is 2.21.